The normalized spacial score (nSPS) is 24.2. The molecular weight excluding hydrogens is 428 g/mol. The number of hydrogen-bond donors (Lipinski definition) is 1. The van der Waals surface area contributed by atoms with Crippen molar-refractivity contribution in [1.29, 1.82) is 5.26 Å². The van der Waals surface area contributed by atoms with Crippen LogP contribution >= 0.6 is 11.3 Å². The molecule has 0 amide bonds. The molecule has 1 fully saturated rings. The number of fused-ring (bicyclic) bond motifs is 3. The monoisotopic (exact) mass is 454 g/mol. The van der Waals surface area contributed by atoms with Gasteiger partial charge in [0.05, 0.1) is 5.54 Å². The minimum Gasteiger partial charge on any atom is -0.477 e. The van der Waals surface area contributed by atoms with E-state index in [0.29, 0.717) is 0 Å². The molecule has 2 atom stereocenters. The van der Waals surface area contributed by atoms with E-state index < -0.39 is 5.97 Å². The lowest BCUT2D eigenvalue weighted by atomic mass is 9.61. The van der Waals surface area contributed by atoms with Gasteiger partial charge in [0, 0.05) is 26.5 Å². The highest BCUT2D eigenvalue weighted by molar-refractivity contribution is 7.16. The van der Waals surface area contributed by atoms with Crippen molar-refractivity contribution in [3.8, 4) is 16.5 Å². The van der Waals surface area contributed by atoms with Crippen LogP contribution in [0.25, 0.3) is 16.5 Å². The quantitative estimate of drug-likeness (QED) is 0.336. The zero-order chi connectivity index (χ0) is 23.2. The van der Waals surface area contributed by atoms with E-state index in [0.717, 1.165) is 28.2 Å². The van der Waals surface area contributed by atoms with E-state index in [2.05, 4.69) is 67.3 Å². The van der Waals surface area contributed by atoms with Crippen LogP contribution in [-0.2, 0) is 10.2 Å². The van der Waals surface area contributed by atoms with Crippen LogP contribution in [0.3, 0.4) is 0 Å². The first-order chi connectivity index (χ1) is 15.9. The first-order valence-corrected chi connectivity index (χ1v) is 12.1. The molecule has 4 nitrogen and oxygen atoms in total. The van der Waals surface area contributed by atoms with Gasteiger partial charge < -0.3 is 10.0 Å². The van der Waals surface area contributed by atoms with Crippen LogP contribution in [0.15, 0.2) is 66.2 Å². The third-order valence-electron chi connectivity index (χ3n) is 7.67. The molecule has 3 aromatic rings. The molecule has 2 heterocycles. The fourth-order valence-electron chi connectivity index (χ4n) is 5.74. The van der Waals surface area contributed by atoms with Crippen molar-refractivity contribution in [2.75, 3.05) is 4.90 Å². The van der Waals surface area contributed by atoms with Crippen molar-refractivity contribution in [3.05, 3.63) is 76.7 Å². The number of aliphatic carboxylic acids is 1. The number of nitriles is 1. The van der Waals surface area contributed by atoms with Gasteiger partial charge in [0.2, 0.25) is 0 Å². The summed E-state index contributed by atoms with van der Waals surface area (Å²) in [6.07, 6.45) is 6.23. The second-order valence-electron chi connectivity index (χ2n) is 9.39. The molecule has 1 saturated carbocycles. The summed E-state index contributed by atoms with van der Waals surface area (Å²) in [5, 5.41) is 18.2. The van der Waals surface area contributed by atoms with Gasteiger partial charge in [0.1, 0.15) is 11.6 Å². The second kappa shape index (κ2) is 7.90. The molecular formula is C28H26N2O2S. The summed E-state index contributed by atoms with van der Waals surface area (Å²) in [6.45, 7) is 4.84. The number of carboxylic acids is 1. The number of para-hydroxylation sites is 1. The van der Waals surface area contributed by atoms with E-state index in [1.165, 1.54) is 47.2 Å². The summed E-state index contributed by atoms with van der Waals surface area (Å²) in [5.74, 6) is -1.20. The minimum atomic E-state index is -1.20. The number of carboxylic acid groups (broad SMARTS) is 1. The molecule has 33 heavy (non-hydrogen) atoms. The molecule has 0 bridgehead atoms. The van der Waals surface area contributed by atoms with Gasteiger partial charge in [-0.15, -0.1) is 11.3 Å². The summed E-state index contributed by atoms with van der Waals surface area (Å²) < 4.78 is 0. The van der Waals surface area contributed by atoms with Crippen molar-refractivity contribution in [1.82, 2.24) is 0 Å². The van der Waals surface area contributed by atoms with E-state index in [4.69, 9.17) is 10.4 Å². The summed E-state index contributed by atoms with van der Waals surface area (Å²) in [6, 6.07) is 23.1. The van der Waals surface area contributed by atoms with E-state index in [-0.39, 0.29) is 16.5 Å². The summed E-state index contributed by atoms with van der Waals surface area (Å²) >= 11 is 1.51. The van der Waals surface area contributed by atoms with Gasteiger partial charge in [-0.05, 0) is 73.4 Å². The maximum atomic E-state index is 11.2. The van der Waals surface area contributed by atoms with Crippen LogP contribution in [0.5, 0.6) is 0 Å². The number of hydrogen-bond acceptors (Lipinski definition) is 4. The van der Waals surface area contributed by atoms with Gasteiger partial charge in [0.15, 0.2) is 0 Å². The minimum absolute atomic E-state index is 0.0140. The molecule has 0 radical (unpaired) electrons. The number of rotatable bonds is 4. The average molecular weight is 455 g/mol. The maximum Gasteiger partial charge on any atom is 0.346 e. The van der Waals surface area contributed by atoms with E-state index in [9.17, 15) is 4.79 Å². The lowest BCUT2D eigenvalue weighted by Gasteiger charge is -2.50. The third kappa shape index (κ3) is 3.29. The predicted octanol–water partition coefficient (Wildman–Crippen LogP) is 7.15. The largest absolute Gasteiger partial charge is 0.477 e. The Balaban J connectivity index is 1.61. The SMILES string of the molecule is CC12CCCCC1(C)N(c1ccccc1)c1ccc(-c3ccc(/C=C(\C#N)C(=O)O)s3)cc12. The Kier molecular flexibility index (Phi) is 5.14. The van der Waals surface area contributed by atoms with Crippen LogP contribution in [0.2, 0.25) is 0 Å². The molecule has 1 N–H and O–H groups in total. The van der Waals surface area contributed by atoms with Crippen LogP contribution in [0.4, 0.5) is 11.4 Å². The van der Waals surface area contributed by atoms with Crippen molar-refractivity contribution in [2.45, 2.75) is 50.5 Å². The standard InChI is InChI=1S/C28H26N2O2S/c1-27-14-6-7-15-28(27,2)30(21-8-4-3-5-9-21)24-12-10-19(17-23(24)27)25-13-11-22(33-25)16-20(18-29)26(31)32/h3-5,8-13,16-17H,6-7,14-15H2,1-2H3,(H,31,32)/b20-16+. The Morgan fingerprint density at radius 2 is 1.85 bits per heavy atom. The highest BCUT2D eigenvalue weighted by Crippen LogP contribution is 2.61. The van der Waals surface area contributed by atoms with Crippen molar-refractivity contribution in [3.63, 3.8) is 0 Å². The molecule has 5 heteroatoms. The smallest absolute Gasteiger partial charge is 0.346 e. The summed E-state index contributed by atoms with van der Waals surface area (Å²) in [5.41, 5.74) is 4.86. The Bertz CT molecular complexity index is 1300. The summed E-state index contributed by atoms with van der Waals surface area (Å²) in [4.78, 5) is 15.6. The molecule has 166 valence electrons. The van der Waals surface area contributed by atoms with Gasteiger partial charge in [-0.2, -0.15) is 5.26 Å². The molecule has 0 saturated heterocycles. The lowest BCUT2D eigenvalue weighted by molar-refractivity contribution is -0.132. The Hall–Kier alpha value is -3.36. The predicted molar refractivity (Wildman–Crippen MR) is 134 cm³/mol. The number of carbonyl (C=O) groups is 1. The number of benzene rings is 2. The second-order valence-corrected chi connectivity index (χ2v) is 10.5. The maximum absolute atomic E-state index is 11.2. The molecule has 2 aromatic carbocycles. The molecule has 5 rings (SSSR count). The van der Waals surface area contributed by atoms with Gasteiger partial charge in [0.25, 0.3) is 0 Å². The fourth-order valence-corrected chi connectivity index (χ4v) is 6.69. The van der Waals surface area contributed by atoms with Crippen LogP contribution < -0.4 is 4.90 Å². The van der Waals surface area contributed by atoms with Gasteiger partial charge >= 0.3 is 5.97 Å². The van der Waals surface area contributed by atoms with Crippen molar-refractivity contribution < 1.29 is 9.90 Å². The van der Waals surface area contributed by atoms with Crippen LogP contribution in [0, 0.1) is 11.3 Å². The topological polar surface area (TPSA) is 64.3 Å². The van der Waals surface area contributed by atoms with Crippen molar-refractivity contribution in [2.24, 2.45) is 0 Å². The van der Waals surface area contributed by atoms with Crippen LogP contribution in [0.1, 0.15) is 50.0 Å². The van der Waals surface area contributed by atoms with E-state index in [1.54, 1.807) is 6.07 Å². The molecule has 2 unspecified atom stereocenters. The average Bonchev–Trinajstić information content (AvgIpc) is 3.36. The Morgan fingerprint density at radius 1 is 1.09 bits per heavy atom. The lowest BCUT2D eigenvalue weighted by Crippen LogP contribution is -2.54. The molecule has 1 aliphatic heterocycles. The number of thiophene rings is 1. The molecule has 1 aromatic heterocycles. The first kappa shape index (κ1) is 21.5. The third-order valence-corrected chi connectivity index (χ3v) is 8.75. The van der Waals surface area contributed by atoms with Crippen LogP contribution in [-0.4, -0.2) is 16.6 Å². The van der Waals surface area contributed by atoms with E-state index >= 15 is 0 Å². The highest BCUT2D eigenvalue weighted by Gasteiger charge is 2.57. The number of nitrogens with zero attached hydrogens (tertiary/aromatic N) is 2. The fraction of sp³-hybridized carbons (Fsp3) is 0.286. The Morgan fingerprint density at radius 3 is 2.58 bits per heavy atom. The van der Waals surface area contributed by atoms with Crippen molar-refractivity contribution >= 4 is 34.8 Å². The van der Waals surface area contributed by atoms with Gasteiger partial charge in [-0.3, -0.25) is 0 Å². The zero-order valence-corrected chi connectivity index (χ0v) is 19.7. The number of anilines is 2. The van der Waals surface area contributed by atoms with E-state index in [1.807, 2.05) is 12.1 Å². The Labute approximate surface area is 198 Å². The molecule has 2 aliphatic rings. The molecule has 0 spiro atoms. The van der Waals surface area contributed by atoms with Gasteiger partial charge in [-0.1, -0.05) is 44.0 Å². The first-order valence-electron chi connectivity index (χ1n) is 11.3. The van der Waals surface area contributed by atoms with Gasteiger partial charge in [-0.25, -0.2) is 4.79 Å². The molecule has 1 aliphatic carbocycles. The summed E-state index contributed by atoms with van der Waals surface area (Å²) in [7, 11) is 0. The zero-order valence-electron chi connectivity index (χ0n) is 18.8. The highest BCUT2D eigenvalue weighted by atomic mass is 32.1.